The molecule has 21 heavy (non-hydrogen) atoms. The molecule has 0 saturated carbocycles. The van der Waals surface area contributed by atoms with Crippen LogP contribution in [0.25, 0.3) is 0 Å². The second-order valence-corrected chi connectivity index (χ2v) is 6.96. The Kier molecular flexibility index (Phi) is 5.62. The second kappa shape index (κ2) is 7.25. The monoisotopic (exact) mass is 296 g/mol. The number of hydrogen-bond donors (Lipinski definition) is 1. The Balaban J connectivity index is 1.91. The van der Waals surface area contributed by atoms with E-state index in [-0.39, 0.29) is 18.4 Å². The second-order valence-electron chi connectivity index (χ2n) is 6.96. The number of carbonyl (C=O) groups excluding carboxylic acids is 1. The van der Waals surface area contributed by atoms with E-state index >= 15 is 0 Å². The van der Waals surface area contributed by atoms with E-state index in [2.05, 4.69) is 18.7 Å². The molecular weight excluding hydrogens is 268 g/mol. The average Bonchev–Trinajstić information content (AvgIpc) is 2.39. The van der Waals surface area contributed by atoms with Crippen molar-refractivity contribution in [2.45, 2.75) is 52.0 Å². The van der Waals surface area contributed by atoms with Gasteiger partial charge in [0, 0.05) is 19.1 Å². The molecule has 2 heterocycles. The summed E-state index contributed by atoms with van der Waals surface area (Å²) >= 11 is 0. The molecule has 120 valence electrons. The van der Waals surface area contributed by atoms with Crippen LogP contribution in [0.15, 0.2) is 0 Å². The van der Waals surface area contributed by atoms with E-state index in [1.807, 2.05) is 4.90 Å². The van der Waals surface area contributed by atoms with Crippen LogP contribution in [-0.4, -0.2) is 59.0 Å². The van der Waals surface area contributed by atoms with Gasteiger partial charge in [-0.15, -0.1) is 0 Å². The van der Waals surface area contributed by atoms with Gasteiger partial charge >= 0.3 is 5.97 Å². The van der Waals surface area contributed by atoms with Crippen molar-refractivity contribution in [1.82, 2.24) is 9.80 Å². The molecule has 3 unspecified atom stereocenters. The van der Waals surface area contributed by atoms with E-state index in [0.29, 0.717) is 18.4 Å². The van der Waals surface area contributed by atoms with Gasteiger partial charge < -0.3 is 10.0 Å². The first-order valence-corrected chi connectivity index (χ1v) is 8.19. The number of carboxylic acids is 1. The van der Waals surface area contributed by atoms with Gasteiger partial charge in [0.05, 0.1) is 13.0 Å². The number of carbonyl (C=O) groups is 2. The Morgan fingerprint density at radius 3 is 2.43 bits per heavy atom. The van der Waals surface area contributed by atoms with Crippen LogP contribution in [0.4, 0.5) is 0 Å². The topological polar surface area (TPSA) is 60.9 Å². The third-order valence-corrected chi connectivity index (χ3v) is 4.72. The number of nitrogens with zero attached hydrogens (tertiary/aromatic N) is 2. The lowest BCUT2D eigenvalue weighted by Gasteiger charge is -2.39. The zero-order chi connectivity index (χ0) is 15.4. The summed E-state index contributed by atoms with van der Waals surface area (Å²) in [5.41, 5.74) is 0. The van der Waals surface area contributed by atoms with Crippen molar-refractivity contribution in [3.8, 4) is 0 Å². The Bertz CT molecular complexity index is 376. The fourth-order valence-electron chi connectivity index (χ4n) is 3.84. The van der Waals surface area contributed by atoms with Crippen molar-refractivity contribution in [1.29, 1.82) is 0 Å². The standard InChI is InChI=1S/C16H28N2O3/c1-12-7-13(2)10-18(9-12)15(19)11-17-6-4-3-5-14(17)8-16(20)21/h12-14H,3-11H2,1-2H3,(H,20,21). The summed E-state index contributed by atoms with van der Waals surface area (Å²) in [6.45, 7) is 7.33. The number of amides is 1. The van der Waals surface area contributed by atoms with Crippen molar-refractivity contribution >= 4 is 11.9 Å². The Morgan fingerprint density at radius 2 is 1.81 bits per heavy atom. The first kappa shape index (κ1) is 16.3. The van der Waals surface area contributed by atoms with Crippen LogP contribution in [0.5, 0.6) is 0 Å². The van der Waals surface area contributed by atoms with E-state index in [9.17, 15) is 9.59 Å². The van der Waals surface area contributed by atoms with Crippen molar-refractivity contribution in [2.24, 2.45) is 11.8 Å². The van der Waals surface area contributed by atoms with Gasteiger partial charge in [0.15, 0.2) is 0 Å². The van der Waals surface area contributed by atoms with Crippen molar-refractivity contribution in [3.63, 3.8) is 0 Å². The van der Waals surface area contributed by atoms with Crippen LogP contribution in [0, 0.1) is 11.8 Å². The summed E-state index contributed by atoms with van der Waals surface area (Å²) < 4.78 is 0. The molecule has 2 rings (SSSR count). The predicted molar refractivity (Wildman–Crippen MR) is 81.0 cm³/mol. The number of hydrogen-bond acceptors (Lipinski definition) is 3. The summed E-state index contributed by atoms with van der Waals surface area (Å²) in [6.07, 6.45) is 4.37. The number of piperidine rings is 2. The minimum absolute atomic E-state index is 0.0276. The van der Waals surface area contributed by atoms with E-state index < -0.39 is 5.97 Å². The summed E-state index contributed by atoms with van der Waals surface area (Å²) in [5.74, 6) is 0.535. The van der Waals surface area contributed by atoms with Gasteiger partial charge in [-0.2, -0.15) is 0 Å². The molecule has 2 fully saturated rings. The molecule has 3 atom stereocenters. The van der Waals surface area contributed by atoms with Crippen LogP contribution in [-0.2, 0) is 9.59 Å². The normalized spacial score (nSPS) is 31.1. The summed E-state index contributed by atoms with van der Waals surface area (Å²) in [6, 6.07) is 0.0276. The maximum atomic E-state index is 12.5. The lowest BCUT2D eigenvalue weighted by atomic mass is 9.92. The zero-order valence-corrected chi connectivity index (χ0v) is 13.3. The molecule has 0 aromatic carbocycles. The molecule has 0 bridgehead atoms. The molecule has 2 aliphatic heterocycles. The maximum Gasteiger partial charge on any atom is 0.304 e. The Hall–Kier alpha value is -1.10. The highest BCUT2D eigenvalue weighted by molar-refractivity contribution is 5.78. The Morgan fingerprint density at radius 1 is 1.14 bits per heavy atom. The lowest BCUT2D eigenvalue weighted by molar-refractivity contribution is -0.141. The molecule has 0 aromatic rings. The van der Waals surface area contributed by atoms with Crippen LogP contribution < -0.4 is 0 Å². The minimum Gasteiger partial charge on any atom is -0.481 e. The molecule has 1 amide bonds. The zero-order valence-electron chi connectivity index (χ0n) is 13.3. The summed E-state index contributed by atoms with van der Waals surface area (Å²) in [5, 5.41) is 9.01. The highest BCUT2D eigenvalue weighted by Gasteiger charge is 2.30. The molecule has 0 aliphatic carbocycles. The van der Waals surface area contributed by atoms with Gasteiger partial charge in [-0.3, -0.25) is 14.5 Å². The van der Waals surface area contributed by atoms with Crippen LogP contribution in [0.2, 0.25) is 0 Å². The Labute approximate surface area is 127 Å². The smallest absolute Gasteiger partial charge is 0.304 e. The molecule has 0 spiro atoms. The minimum atomic E-state index is -0.764. The number of carboxylic acid groups (broad SMARTS) is 1. The van der Waals surface area contributed by atoms with Crippen LogP contribution in [0.3, 0.4) is 0 Å². The van der Waals surface area contributed by atoms with E-state index in [0.717, 1.165) is 38.9 Å². The van der Waals surface area contributed by atoms with Crippen LogP contribution >= 0.6 is 0 Å². The highest BCUT2D eigenvalue weighted by atomic mass is 16.4. The molecule has 5 heteroatoms. The average molecular weight is 296 g/mol. The third kappa shape index (κ3) is 4.70. The number of likely N-dealkylation sites (tertiary alicyclic amines) is 2. The summed E-state index contributed by atoms with van der Waals surface area (Å²) in [4.78, 5) is 27.6. The molecule has 2 saturated heterocycles. The van der Waals surface area contributed by atoms with Gasteiger partial charge in [-0.25, -0.2) is 0 Å². The van der Waals surface area contributed by atoms with Gasteiger partial charge in [-0.05, 0) is 37.6 Å². The molecule has 1 N–H and O–H groups in total. The fraction of sp³-hybridized carbons (Fsp3) is 0.875. The maximum absolute atomic E-state index is 12.5. The van der Waals surface area contributed by atoms with Crippen molar-refractivity contribution in [2.75, 3.05) is 26.2 Å². The van der Waals surface area contributed by atoms with E-state index in [1.165, 1.54) is 6.42 Å². The summed E-state index contributed by atoms with van der Waals surface area (Å²) in [7, 11) is 0. The van der Waals surface area contributed by atoms with Gasteiger partial charge in [-0.1, -0.05) is 20.3 Å². The first-order valence-electron chi connectivity index (χ1n) is 8.19. The van der Waals surface area contributed by atoms with Gasteiger partial charge in [0.25, 0.3) is 0 Å². The van der Waals surface area contributed by atoms with Crippen molar-refractivity contribution in [3.05, 3.63) is 0 Å². The SMILES string of the molecule is CC1CC(C)CN(C(=O)CN2CCCCC2CC(=O)O)C1. The van der Waals surface area contributed by atoms with Crippen LogP contribution in [0.1, 0.15) is 46.0 Å². The molecule has 2 aliphatic rings. The molecule has 5 nitrogen and oxygen atoms in total. The molecular formula is C16H28N2O3. The van der Waals surface area contributed by atoms with Gasteiger partial charge in [0.1, 0.15) is 0 Å². The third-order valence-electron chi connectivity index (χ3n) is 4.72. The number of rotatable bonds is 4. The first-order chi connectivity index (χ1) is 9.95. The molecule has 0 aromatic heterocycles. The van der Waals surface area contributed by atoms with E-state index in [1.54, 1.807) is 0 Å². The number of aliphatic carboxylic acids is 1. The molecule has 0 radical (unpaired) electrons. The van der Waals surface area contributed by atoms with Crippen molar-refractivity contribution < 1.29 is 14.7 Å². The highest BCUT2D eigenvalue weighted by Crippen LogP contribution is 2.23. The van der Waals surface area contributed by atoms with Gasteiger partial charge in [0.2, 0.25) is 5.91 Å². The quantitative estimate of drug-likeness (QED) is 0.859. The predicted octanol–water partition coefficient (Wildman–Crippen LogP) is 1.82. The largest absolute Gasteiger partial charge is 0.481 e. The lowest BCUT2D eigenvalue weighted by Crippen LogP contribution is -2.50. The van der Waals surface area contributed by atoms with E-state index in [4.69, 9.17) is 5.11 Å². The fourth-order valence-corrected chi connectivity index (χ4v) is 3.84.